The van der Waals surface area contributed by atoms with Crippen LogP contribution in [0.15, 0.2) is 36.4 Å². The van der Waals surface area contributed by atoms with Gasteiger partial charge in [-0.05, 0) is 54.6 Å². The zero-order chi connectivity index (χ0) is 14.8. The van der Waals surface area contributed by atoms with E-state index in [1.807, 2.05) is 6.92 Å². The van der Waals surface area contributed by atoms with Gasteiger partial charge in [0.15, 0.2) is 0 Å². The average molecular weight is 304 g/mol. The van der Waals surface area contributed by atoms with Crippen LogP contribution in [0.4, 0.5) is 4.39 Å². The second-order valence-corrected chi connectivity index (χ2v) is 5.91. The van der Waals surface area contributed by atoms with Gasteiger partial charge in [-0.15, -0.1) is 0 Å². The van der Waals surface area contributed by atoms with Crippen molar-refractivity contribution in [3.63, 3.8) is 0 Å². The van der Waals surface area contributed by atoms with Gasteiger partial charge in [0.25, 0.3) is 0 Å². The van der Waals surface area contributed by atoms with Crippen LogP contribution >= 0.6 is 11.6 Å². The highest BCUT2D eigenvalue weighted by molar-refractivity contribution is 6.31. The number of halogens is 2. The van der Waals surface area contributed by atoms with Crippen LogP contribution in [0.5, 0.6) is 0 Å². The maximum Gasteiger partial charge on any atom is 0.129 e. The minimum atomic E-state index is -0.256. The Labute approximate surface area is 130 Å². The molecule has 3 rings (SSSR count). The minimum Gasteiger partial charge on any atom is -0.306 e. The third-order valence-electron chi connectivity index (χ3n) is 4.15. The number of nitrogens with one attached hydrogen (secondary N) is 1. The zero-order valence-corrected chi connectivity index (χ0v) is 12.9. The van der Waals surface area contributed by atoms with E-state index in [1.165, 1.54) is 23.6 Å². The maximum atomic E-state index is 14.3. The van der Waals surface area contributed by atoms with Gasteiger partial charge in [-0.25, -0.2) is 4.39 Å². The largest absolute Gasteiger partial charge is 0.306 e. The summed E-state index contributed by atoms with van der Waals surface area (Å²) in [4.78, 5) is 0. The Bertz CT molecular complexity index is 633. The molecule has 0 radical (unpaired) electrons. The average Bonchev–Trinajstić information content (AvgIpc) is 2.93. The van der Waals surface area contributed by atoms with Crippen molar-refractivity contribution in [1.29, 1.82) is 0 Å². The van der Waals surface area contributed by atoms with Gasteiger partial charge < -0.3 is 5.32 Å². The van der Waals surface area contributed by atoms with Crippen LogP contribution < -0.4 is 5.32 Å². The summed E-state index contributed by atoms with van der Waals surface area (Å²) in [6, 6.07) is 11.1. The predicted molar refractivity (Wildman–Crippen MR) is 85.4 cm³/mol. The zero-order valence-electron chi connectivity index (χ0n) is 12.1. The highest BCUT2D eigenvalue weighted by Gasteiger charge is 2.21. The maximum absolute atomic E-state index is 14.3. The molecule has 110 valence electrons. The Hall–Kier alpha value is -1.38. The smallest absolute Gasteiger partial charge is 0.129 e. The van der Waals surface area contributed by atoms with E-state index in [1.54, 1.807) is 12.1 Å². The van der Waals surface area contributed by atoms with Crippen molar-refractivity contribution in [2.75, 3.05) is 6.54 Å². The second-order valence-electron chi connectivity index (χ2n) is 5.51. The van der Waals surface area contributed by atoms with E-state index in [-0.39, 0.29) is 11.9 Å². The molecule has 2 aromatic carbocycles. The first-order valence-electron chi connectivity index (χ1n) is 7.49. The van der Waals surface area contributed by atoms with E-state index in [9.17, 15) is 4.39 Å². The molecule has 1 aliphatic rings. The first-order valence-corrected chi connectivity index (χ1v) is 7.87. The lowest BCUT2D eigenvalue weighted by molar-refractivity contribution is 0.559. The summed E-state index contributed by atoms with van der Waals surface area (Å²) in [5.74, 6) is -0.256. The highest BCUT2D eigenvalue weighted by atomic mass is 35.5. The van der Waals surface area contributed by atoms with Gasteiger partial charge in [-0.1, -0.05) is 42.8 Å². The van der Waals surface area contributed by atoms with Gasteiger partial charge in [0.2, 0.25) is 0 Å². The van der Waals surface area contributed by atoms with Gasteiger partial charge in [0, 0.05) is 10.6 Å². The van der Waals surface area contributed by atoms with E-state index in [0.29, 0.717) is 10.6 Å². The van der Waals surface area contributed by atoms with Crippen LogP contribution in [0.1, 0.15) is 41.6 Å². The summed E-state index contributed by atoms with van der Waals surface area (Å²) in [6.45, 7) is 2.78. The quantitative estimate of drug-likeness (QED) is 0.865. The molecule has 3 heteroatoms. The Kier molecular flexibility index (Phi) is 4.27. The molecule has 21 heavy (non-hydrogen) atoms. The lowest BCUT2D eigenvalue weighted by Crippen LogP contribution is -2.23. The number of aryl methyl sites for hydroxylation is 2. The van der Waals surface area contributed by atoms with E-state index in [4.69, 9.17) is 11.6 Å². The number of hydrogen-bond donors (Lipinski definition) is 1. The van der Waals surface area contributed by atoms with Gasteiger partial charge in [0.1, 0.15) is 5.82 Å². The fraction of sp³-hybridized carbons (Fsp3) is 0.333. The molecule has 1 aliphatic carbocycles. The normalized spacial score (nSPS) is 15.0. The van der Waals surface area contributed by atoms with Gasteiger partial charge in [-0.2, -0.15) is 0 Å². The minimum absolute atomic E-state index is 0.199. The number of fused-ring (bicyclic) bond motifs is 1. The second kappa shape index (κ2) is 6.17. The molecule has 0 aromatic heterocycles. The monoisotopic (exact) mass is 303 g/mol. The molecule has 0 saturated heterocycles. The summed E-state index contributed by atoms with van der Waals surface area (Å²) in [7, 11) is 0. The Morgan fingerprint density at radius 3 is 2.76 bits per heavy atom. The fourth-order valence-electron chi connectivity index (χ4n) is 3.15. The van der Waals surface area contributed by atoms with Crippen LogP contribution in [0.25, 0.3) is 0 Å². The third kappa shape index (κ3) is 2.83. The fourth-order valence-corrected chi connectivity index (χ4v) is 3.42. The molecule has 1 unspecified atom stereocenters. The number of rotatable bonds is 4. The van der Waals surface area contributed by atoms with E-state index < -0.39 is 0 Å². The standard InChI is InChI=1S/C18H19ClFN/c1-2-21-18(17-15(19)7-4-8-16(17)20)14-10-9-12-5-3-6-13(12)11-14/h4,7-11,18,21H,2-3,5-6H2,1H3. The molecule has 2 aromatic rings. The van der Waals surface area contributed by atoms with Crippen molar-refractivity contribution in [2.45, 2.75) is 32.2 Å². The van der Waals surface area contributed by atoms with E-state index >= 15 is 0 Å². The van der Waals surface area contributed by atoms with Crippen molar-refractivity contribution in [1.82, 2.24) is 5.32 Å². The SMILES string of the molecule is CCNC(c1ccc2c(c1)CCC2)c1c(F)cccc1Cl. The van der Waals surface area contributed by atoms with E-state index in [0.717, 1.165) is 24.9 Å². The van der Waals surface area contributed by atoms with Gasteiger partial charge >= 0.3 is 0 Å². The van der Waals surface area contributed by atoms with Crippen LogP contribution in [0.2, 0.25) is 5.02 Å². The highest BCUT2D eigenvalue weighted by Crippen LogP contribution is 2.33. The summed E-state index contributed by atoms with van der Waals surface area (Å²) < 4.78 is 14.3. The summed E-state index contributed by atoms with van der Waals surface area (Å²) in [6.07, 6.45) is 3.49. The topological polar surface area (TPSA) is 12.0 Å². The summed E-state index contributed by atoms with van der Waals surface area (Å²) >= 11 is 6.25. The Balaban J connectivity index is 2.06. The third-order valence-corrected chi connectivity index (χ3v) is 4.48. The molecule has 0 fully saturated rings. The molecule has 1 nitrogen and oxygen atoms in total. The molecule has 0 aliphatic heterocycles. The molecule has 0 saturated carbocycles. The molecule has 0 amide bonds. The first-order chi connectivity index (χ1) is 10.2. The number of hydrogen-bond acceptors (Lipinski definition) is 1. The molecule has 0 bridgehead atoms. The lowest BCUT2D eigenvalue weighted by atomic mass is 9.95. The van der Waals surface area contributed by atoms with Gasteiger partial charge in [-0.3, -0.25) is 0 Å². The Morgan fingerprint density at radius 2 is 2.00 bits per heavy atom. The molecular weight excluding hydrogens is 285 g/mol. The van der Waals surface area contributed by atoms with Crippen molar-refractivity contribution >= 4 is 11.6 Å². The molecule has 1 atom stereocenters. The van der Waals surface area contributed by atoms with Crippen LogP contribution in [-0.4, -0.2) is 6.54 Å². The van der Waals surface area contributed by atoms with Crippen molar-refractivity contribution in [3.05, 3.63) is 69.5 Å². The molecule has 1 N–H and O–H groups in total. The first kappa shape index (κ1) is 14.6. The summed E-state index contributed by atoms with van der Waals surface area (Å²) in [5, 5.41) is 3.84. The van der Waals surface area contributed by atoms with Crippen molar-refractivity contribution < 1.29 is 4.39 Å². The Morgan fingerprint density at radius 1 is 1.19 bits per heavy atom. The van der Waals surface area contributed by atoms with Gasteiger partial charge in [0.05, 0.1) is 6.04 Å². The van der Waals surface area contributed by atoms with Crippen LogP contribution in [-0.2, 0) is 12.8 Å². The van der Waals surface area contributed by atoms with E-state index in [2.05, 4.69) is 23.5 Å². The molecule has 0 spiro atoms. The van der Waals surface area contributed by atoms with Crippen molar-refractivity contribution in [2.24, 2.45) is 0 Å². The lowest BCUT2D eigenvalue weighted by Gasteiger charge is -2.21. The molecule has 0 heterocycles. The summed E-state index contributed by atoms with van der Waals surface area (Å²) in [5.41, 5.74) is 4.44. The molecular formula is C18H19ClFN. The van der Waals surface area contributed by atoms with Crippen LogP contribution in [0, 0.1) is 5.82 Å². The number of benzene rings is 2. The predicted octanol–water partition coefficient (Wildman–Crippen LogP) is 4.67. The van der Waals surface area contributed by atoms with Crippen molar-refractivity contribution in [3.8, 4) is 0 Å². The van der Waals surface area contributed by atoms with Crippen LogP contribution in [0.3, 0.4) is 0 Å².